The lowest BCUT2D eigenvalue weighted by Gasteiger charge is -1.83. The first kappa shape index (κ1) is 8.77. The van der Waals surface area contributed by atoms with E-state index >= 15 is 0 Å². The van der Waals surface area contributed by atoms with Gasteiger partial charge in [0.15, 0.2) is 0 Å². The Labute approximate surface area is 60.6 Å². The van der Waals surface area contributed by atoms with Crippen LogP contribution in [-0.4, -0.2) is 11.1 Å². The van der Waals surface area contributed by atoms with Crippen molar-refractivity contribution in [1.29, 1.82) is 0 Å². The van der Waals surface area contributed by atoms with Gasteiger partial charge in [-0.2, -0.15) is 0 Å². The second-order valence-corrected chi connectivity index (χ2v) is 1.79. The second-order valence-electron chi connectivity index (χ2n) is 1.79. The fraction of sp³-hybridized carbons (Fsp3) is 0.375. The van der Waals surface area contributed by atoms with E-state index in [4.69, 9.17) is 5.11 Å². The molecule has 0 aliphatic carbocycles. The van der Waals surface area contributed by atoms with E-state index in [1.54, 1.807) is 6.08 Å². The lowest BCUT2D eigenvalue weighted by atomic mass is 10.2. The second kappa shape index (κ2) is 5.90. The minimum atomic E-state index is -1.06. The van der Waals surface area contributed by atoms with Gasteiger partial charge in [0.2, 0.25) is 0 Å². The Morgan fingerprint density at radius 1 is 1.70 bits per heavy atom. The number of rotatable bonds is 3. The molecule has 0 aliphatic heterocycles. The summed E-state index contributed by atoms with van der Waals surface area (Å²) in [6, 6.07) is 0. The number of unbranched alkanes of at least 4 members (excludes halogenated alkanes) is 2. The molecular formula is C8H10O2. The summed E-state index contributed by atoms with van der Waals surface area (Å²) in [6.45, 7) is 3.53. The molecule has 1 N–H and O–H groups in total. The van der Waals surface area contributed by atoms with Crippen LogP contribution in [0.1, 0.15) is 19.3 Å². The summed E-state index contributed by atoms with van der Waals surface area (Å²) in [5.74, 6) is 3.50. The first-order valence-electron chi connectivity index (χ1n) is 3.10. The van der Waals surface area contributed by atoms with Crippen molar-refractivity contribution in [2.45, 2.75) is 19.3 Å². The van der Waals surface area contributed by atoms with Crippen LogP contribution in [0.2, 0.25) is 0 Å². The average Bonchev–Trinajstić information content (AvgIpc) is 1.87. The van der Waals surface area contributed by atoms with Gasteiger partial charge in [0.1, 0.15) is 0 Å². The van der Waals surface area contributed by atoms with Crippen LogP contribution in [0.25, 0.3) is 0 Å². The number of carboxylic acids is 1. The van der Waals surface area contributed by atoms with Gasteiger partial charge in [0.25, 0.3) is 0 Å². The molecule has 0 aromatic heterocycles. The Balaban J connectivity index is 3.28. The average molecular weight is 138 g/mol. The van der Waals surface area contributed by atoms with E-state index in [1.807, 2.05) is 5.92 Å². The third-order valence-corrected chi connectivity index (χ3v) is 0.905. The van der Waals surface area contributed by atoms with Gasteiger partial charge in [-0.1, -0.05) is 12.0 Å². The molecule has 0 amide bonds. The van der Waals surface area contributed by atoms with Crippen molar-refractivity contribution >= 4 is 5.97 Å². The maximum Gasteiger partial charge on any atom is 0.381 e. The molecule has 0 spiro atoms. The molecule has 54 valence electrons. The normalized spacial score (nSPS) is 7.60. The quantitative estimate of drug-likeness (QED) is 0.364. The van der Waals surface area contributed by atoms with E-state index in [0.717, 1.165) is 12.8 Å². The fourth-order valence-electron chi connectivity index (χ4n) is 0.473. The van der Waals surface area contributed by atoms with Crippen molar-refractivity contribution in [3.8, 4) is 11.8 Å². The molecule has 2 heteroatoms. The van der Waals surface area contributed by atoms with E-state index in [9.17, 15) is 4.79 Å². The summed E-state index contributed by atoms with van der Waals surface area (Å²) in [7, 11) is 0. The van der Waals surface area contributed by atoms with Crippen LogP contribution in [0.3, 0.4) is 0 Å². The molecule has 0 heterocycles. The molecule has 0 aromatic carbocycles. The highest BCUT2D eigenvalue weighted by atomic mass is 16.4. The summed E-state index contributed by atoms with van der Waals surface area (Å²) in [6.07, 6.45) is 4.22. The number of hydrogen-bond acceptors (Lipinski definition) is 1. The van der Waals surface area contributed by atoms with E-state index in [0.29, 0.717) is 6.42 Å². The number of carboxylic acid groups (broad SMARTS) is 1. The van der Waals surface area contributed by atoms with Crippen molar-refractivity contribution < 1.29 is 9.90 Å². The number of allylic oxidation sites excluding steroid dienone is 1. The molecule has 0 fully saturated rings. The maximum atomic E-state index is 9.84. The zero-order valence-corrected chi connectivity index (χ0v) is 5.76. The highest BCUT2D eigenvalue weighted by Crippen LogP contribution is 1.92. The Morgan fingerprint density at radius 3 is 2.90 bits per heavy atom. The van der Waals surface area contributed by atoms with Gasteiger partial charge in [0.05, 0.1) is 0 Å². The predicted molar refractivity (Wildman–Crippen MR) is 39.5 cm³/mol. The van der Waals surface area contributed by atoms with Crippen molar-refractivity contribution in [1.82, 2.24) is 0 Å². The van der Waals surface area contributed by atoms with Crippen molar-refractivity contribution in [2.75, 3.05) is 0 Å². The van der Waals surface area contributed by atoms with Gasteiger partial charge in [-0.05, 0) is 12.8 Å². The zero-order valence-electron chi connectivity index (χ0n) is 5.76. The van der Waals surface area contributed by atoms with Crippen LogP contribution >= 0.6 is 0 Å². The van der Waals surface area contributed by atoms with E-state index in [2.05, 4.69) is 12.5 Å². The molecule has 2 nitrogen and oxygen atoms in total. The summed E-state index contributed by atoms with van der Waals surface area (Å²) in [5, 5.41) is 8.08. The van der Waals surface area contributed by atoms with Crippen LogP contribution in [0.5, 0.6) is 0 Å². The van der Waals surface area contributed by atoms with Gasteiger partial charge in [0, 0.05) is 12.3 Å². The largest absolute Gasteiger partial charge is 0.472 e. The summed E-state index contributed by atoms with van der Waals surface area (Å²) >= 11 is 0. The third-order valence-electron chi connectivity index (χ3n) is 0.905. The first-order chi connectivity index (χ1) is 4.77. The number of carbonyl (C=O) groups is 1. The Morgan fingerprint density at radius 2 is 2.40 bits per heavy atom. The lowest BCUT2D eigenvalue weighted by Crippen LogP contribution is -1.86. The van der Waals surface area contributed by atoms with E-state index < -0.39 is 5.97 Å². The standard InChI is InChI=1S/C8H10O2/c1-2-3-4-5-6-7-8(9)10/h2H,1,3-5H2,(H,9,10). The molecule has 10 heavy (non-hydrogen) atoms. The molecular weight excluding hydrogens is 128 g/mol. The van der Waals surface area contributed by atoms with Crippen LogP contribution in [-0.2, 0) is 4.79 Å². The molecule has 0 rings (SSSR count). The van der Waals surface area contributed by atoms with Gasteiger partial charge >= 0.3 is 5.97 Å². The predicted octanol–water partition coefficient (Wildman–Crippen LogP) is 1.43. The smallest absolute Gasteiger partial charge is 0.381 e. The monoisotopic (exact) mass is 138 g/mol. The zero-order chi connectivity index (χ0) is 7.82. The lowest BCUT2D eigenvalue weighted by molar-refractivity contribution is -0.130. The fourth-order valence-corrected chi connectivity index (χ4v) is 0.473. The molecule has 0 bridgehead atoms. The molecule has 0 radical (unpaired) electrons. The van der Waals surface area contributed by atoms with Gasteiger partial charge in [-0.3, -0.25) is 0 Å². The van der Waals surface area contributed by atoms with Crippen LogP contribution < -0.4 is 0 Å². The summed E-state index contributed by atoms with van der Waals surface area (Å²) < 4.78 is 0. The van der Waals surface area contributed by atoms with Gasteiger partial charge < -0.3 is 5.11 Å². The molecule has 0 saturated heterocycles. The minimum absolute atomic E-state index is 0.637. The van der Waals surface area contributed by atoms with Crippen molar-refractivity contribution in [3.05, 3.63) is 12.7 Å². The minimum Gasteiger partial charge on any atom is -0.472 e. The summed E-state index contributed by atoms with van der Waals surface area (Å²) in [5.41, 5.74) is 0. The van der Waals surface area contributed by atoms with E-state index in [1.165, 1.54) is 0 Å². The molecule has 0 saturated carbocycles. The maximum absolute atomic E-state index is 9.84. The molecule has 0 aromatic rings. The van der Waals surface area contributed by atoms with E-state index in [-0.39, 0.29) is 0 Å². The van der Waals surface area contributed by atoms with Gasteiger partial charge in [-0.25, -0.2) is 4.79 Å². The van der Waals surface area contributed by atoms with Gasteiger partial charge in [-0.15, -0.1) is 6.58 Å². The summed E-state index contributed by atoms with van der Waals surface area (Å²) in [4.78, 5) is 9.84. The Bertz CT molecular complexity index is 171. The molecule has 0 aliphatic rings. The Kier molecular flexibility index (Phi) is 5.17. The first-order valence-corrected chi connectivity index (χ1v) is 3.10. The Hall–Kier alpha value is -1.23. The topological polar surface area (TPSA) is 37.3 Å². The number of hydrogen-bond donors (Lipinski definition) is 1. The van der Waals surface area contributed by atoms with Crippen molar-refractivity contribution in [3.63, 3.8) is 0 Å². The van der Waals surface area contributed by atoms with Crippen LogP contribution in [0.4, 0.5) is 0 Å². The van der Waals surface area contributed by atoms with Crippen molar-refractivity contribution in [2.24, 2.45) is 0 Å². The van der Waals surface area contributed by atoms with Crippen LogP contribution in [0, 0.1) is 11.8 Å². The SMILES string of the molecule is C=CCCCC#CC(=O)O. The van der Waals surface area contributed by atoms with Crippen LogP contribution in [0.15, 0.2) is 12.7 Å². The number of aliphatic carboxylic acids is 1. The molecule has 0 atom stereocenters. The highest BCUT2D eigenvalue weighted by molar-refractivity contribution is 5.86. The molecule has 0 unspecified atom stereocenters. The highest BCUT2D eigenvalue weighted by Gasteiger charge is 1.82. The third kappa shape index (κ3) is 6.77.